The molecule has 0 amide bonds. The van der Waals surface area contributed by atoms with E-state index >= 15 is 0 Å². The molecule has 0 aliphatic rings. The minimum Gasteiger partial charge on any atom is -0.493 e. The lowest BCUT2D eigenvalue weighted by atomic mass is 9.95. The summed E-state index contributed by atoms with van der Waals surface area (Å²) in [5, 5.41) is 3.39. The molecule has 0 aliphatic heterocycles. The van der Waals surface area contributed by atoms with Crippen LogP contribution in [0.25, 0.3) is 0 Å². The number of rotatable bonds is 9. The van der Waals surface area contributed by atoms with Crippen molar-refractivity contribution in [1.29, 1.82) is 0 Å². The maximum atomic E-state index is 5.38. The highest BCUT2D eigenvalue weighted by molar-refractivity contribution is 5.47. The predicted octanol–water partition coefficient (Wildman–Crippen LogP) is 3.58. The van der Waals surface area contributed by atoms with E-state index in [0.29, 0.717) is 0 Å². The standard InChI is InChI=1S/C17H29NO2/c1-6-18-10-9-13(2)7-8-15-12-17(20-5)16(19-4)11-14(15)3/h11-13,18H,6-10H2,1-5H3. The highest BCUT2D eigenvalue weighted by Crippen LogP contribution is 2.31. The van der Waals surface area contributed by atoms with E-state index in [9.17, 15) is 0 Å². The molecule has 0 aliphatic carbocycles. The van der Waals surface area contributed by atoms with Gasteiger partial charge in [0.15, 0.2) is 11.5 Å². The summed E-state index contributed by atoms with van der Waals surface area (Å²) in [5.74, 6) is 2.38. The van der Waals surface area contributed by atoms with Crippen molar-refractivity contribution in [2.24, 2.45) is 5.92 Å². The maximum absolute atomic E-state index is 5.38. The second-order valence-corrected chi connectivity index (χ2v) is 5.42. The lowest BCUT2D eigenvalue weighted by Gasteiger charge is -2.15. The monoisotopic (exact) mass is 279 g/mol. The highest BCUT2D eigenvalue weighted by Gasteiger charge is 2.10. The van der Waals surface area contributed by atoms with Crippen molar-refractivity contribution < 1.29 is 9.47 Å². The molecule has 0 heterocycles. The zero-order valence-electron chi connectivity index (χ0n) is 13.6. The van der Waals surface area contributed by atoms with Gasteiger partial charge in [0.05, 0.1) is 14.2 Å². The van der Waals surface area contributed by atoms with E-state index < -0.39 is 0 Å². The van der Waals surface area contributed by atoms with Crippen LogP contribution in [-0.4, -0.2) is 27.3 Å². The van der Waals surface area contributed by atoms with E-state index in [1.807, 2.05) is 0 Å². The molecule has 1 aromatic carbocycles. The quantitative estimate of drug-likeness (QED) is 0.701. The van der Waals surface area contributed by atoms with Crippen LogP contribution in [0.2, 0.25) is 0 Å². The number of nitrogens with one attached hydrogen (secondary N) is 1. The third-order valence-electron chi connectivity index (χ3n) is 3.81. The summed E-state index contributed by atoms with van der Waals surface area (Å²) in [6.07, 6.45) is 3.54. The molecule has 0 fully saturated rings. The van der Waals surface area contributed by atoms with Crippen LogP contribution in [-0.2, 0) is 6.42 Å². The second kappa shape index (κ2) is 8.85. The normalized spacial score (nSPS) is 12.2. The molecule has 0 spiro atoms. The molecule has 1 atom stereocenters. The van der Waals surface area contributed by atoms with Gasteiger partial charge in [0, 0.05) is 0 Å². The van der Waals surface area contributed by atoms with E-state index in [1.165, 1.54) is 24.0 Å². The van der Waals surface area contributed by atoms with Crippen LogP contribution >= 0.6 is 0 Å². The third-order valence-corrected chi connectivity index (χ3v) is 3.81. The van der Waals surface area contributed by atoms with Crippen molar-refractivity contribution in [2.75, 3.05) is 27.3 Å². The molecule has 3 nitrogen and oxygen atoms in total. The Morgan fingerprint density at radius 2 is 1.75 bits per heavy atom. The van der Waals surface area contributed by atoms with Crippen LogP contribution < -0.4 is 14.8 Å². The average molecular weight is 279 g/mol. The Balaban J connectivity index is 2.59. The largest absolute Gasteiger partial charge is 0.493 e. The Hall–Kier alpha value is -1.22. The molecule has 0 aromatic heterocycles. The lowest BCUT2D eigenvalue weighted by molar-refractivity contribution is 0.354. The fourth-order valence-corrected chi connectivity index (χ4v) is 2.36. The van der Waals surface area contributed by atoms with Crippen molar-refractivity contribution in [2.45, 2.75) is 40.0 Å². The van der Waals surface area contributed by atoms with Crippen molar-refractivity contribution in [3.8, 4) is 11.5 Å². The van der Waals surface area contributed by atoms with E-state index in [4.69, 9.17) is 9.47 Å². The van der Waals surface area contributed by atoms with Crippen LogP contribution in [0, 0.1) is 12.8 Å². The van der Waals surface area contributed by atoms with Crippen molar-refractivity contribution in [3.05, 3.63) is 23.3 Å². The number of aryl methyl sites for hydroxylation is 2. The molecule has 0 bridgehead atoms. The smallest absolute Gasteiger partial charge is 0.161 e. The first-order valence-electron chi connectivity index (χ1n) is 7.54. The molecular weight excluding hydrogens is 250 g/mol. The number of hydrogen-bond acceptors (Lipinski definition) is 3. The van der Waals surface area contributed by atoms with Gasteiger partial charge in [-0.1, -0.05) is 13.8 Å². The first kappa shape index (κ1) is 16.8. The third kappa shape index (κ3) is 5.04. The van der Waals surface area contributed by atoms with E-state index in [-0.39, 0.29) is 0 Å². The number of ether oxygens (including phenoxy) is 2. The topological polar surface area (TPSA) is 30.5 Å². The van der Waals surface area contributed by atoms with Gasteiger partial charge in [0.1, 0.15) is 0 Å². The Morgan fingerprint density at radius 1 is 1.10 bits per heavy atom. The molecule has 0 saturated heterocycles. The molecule has 1 aromatic rings. The fraction of sp³-hybridized carbons (Fsp3) is 0.647. The van der Waals surface area contributed by atoms with Gasteiger partial charge in [0.2, 0.25) is 0 Å². The fourth-order valence-electron chi connectivity index (χ4n) is 2.36. The molecule has 20 heavy (non-hydrogen) atoms. The second-order valence-electron chi connectivity index (χ2n) is 5.42. The van der Waals surface area contributed by atoms with Crippen LogP contribution in [0.15, 0.2) is 12.1 Å². The van der Waals surface area contributed by atoms with Crippen LogP contribution in [0.4, 0.5) is 0 Å². The number of benzene rings is 1. The Morgan fingerprint density at radius 3 is 2.35 bits per heavy atom. The minimum atomic E-state index is 0.738. The zero-order chi connectivity index (χ0) is 15.0. The van der Waals surface area contributed by atoms with Crippen molar-refractivity contribution in [1.82, 2.24) is 5.32 Å². The summed E-state index contributed by atoms with van der Waals surface area (Å²) in [6, 6.07) is 4.18. The van der Waals surface area contributed by atoms with Crippen LogP contribution in [0.3, 0.4) is 0 Å². The average Bonchev–Trinajstić information content (AvgIpc) is 2.45. The lowest BCUT2D eigenvalue weighted by Crippen LogP contribution is -2.16. The predicted molar refractivity (Wildman–Crippen MR) is 84.9 cm³/mol. The summed E-state index contributed by atoms with van der Waals surface area (Å²) in [5.41, 5.74) is 2.64. The number of hydrogen-bond donors (Lipinski definition) is 1. The Labute approximate surface area is 123 Å². The first-order valence-corrected chi connectivity index (χ1v) is 7.54. The molecule has 1 rings (SSSR count). The highest BCUT2D eigenvalue weighted by atomic mass is 16.5. The molecule has 0 saturated carbocycles. The number of methoxy groups -OCH3 is 2. The Kier molecular flexibility index (Phi) is 7.45. The zero-order valence-corrected chi connectivity index (χ0v) is 13.6. The van der Waals surface area contributed by atoms with Crippen molar-refractivity contribution >= 4 is 0 Å². The van der Waals surface area contributed by atoms with Gasteiger partial charge in [-0.2, -0.15) is 0 Å². The van der Waals surface area contributed by atoms with Gasteiger partial charge < -0.3 is 14.8 Å². The molecule has 3 heteroatoms. The van der Waals surface area contributed by atoms with Crippen LogP contribution in [0.1, 0.15) is 37.8 Å². The molecule has 114 valence electrons. The van der Waals surface area contributed by atoms with Gasteiger partial charge in [-0.15, -0.1) is 0 Å². The minimum absolute atomic E-state index is 0.738. The van der Waals surface area contributed by atoms with Crippen molar-refractivity contribution in [3.63, 3.8) is 0 Å². The van der Waals surface area contributed by atoms with E-state index in [1.54, 1.807) is 14.2 Å². The van der Waals surface area contributed by atoms with Gasteiger partial charge in [-0.05, 0) is 68.5 Å². The van der Waals surface area contributed by atoms with E-state index in [2.05, 4.69) is 38.2 Å². The molecular formula is C17H29NO2. The molecule has 1 N–H and O–H groups in total. The van der Waals surface area contributed by atoms with Gasteiger partial charge in [-0.3, -0.25) is 0 Å². The summed E-state index contributed by atoms with van der Waals surface area (Å²) in [7, 11) is 3.37. The Bertz CT molecular complexity index is 404. The van der Waals surface area contributed by atoms with Gasteiger partial charge in [-0.25, -0.2) is 0 Å². The summed E-state index contributed by atoms with van der Waals surface area (Å²) < 4.78 is 10.7. The summed E-state index contributed by atoms with van der Waals surface area (Å²) in [6.45, 7) is 8.79. The van der Waals surface area contributed by atoms with E-state index in [0.717, 1.165) is 36.9 Å². The summed E-state index contributed by atoms with van der Waals surface area (Å²) >= 11 is 0. The van der Waals surface area contributed by atoms with Gasteiger partial charge in [0.25, 0.3) is 0 Å². The molecule has 1 unspecified atom stereocenters. The first-order chi connectivity index (χ1) is 9.62. The summed E-state index contributed by atoms with van der Waals surface area (Å²) in [4.78, 5) is 0. The van der Waals surface area contributed by atoms with Crippen LogP contribution in [0.5, 0.6) is 11.5 Å². The maximum Gasteiger partial charge on any atom is 0.161 e. The SMILES string of the molecule is CCNCCC(C)CCc1cc(OC)c(OC)cc1C. The molecule has 0 radical (unpaired) electrons. The van der Waals surface area contributed by atoms with Gasteiger partial charge >= 0.3 is 0 Å².